The van der Waals surface area contributed by atoms with Crippen LogP contribution in [0.5, 0.6) is 5.75 Å². The first-order chi connectivity index (χ1) is 9.37. The van der Waals surface area contributed by atoms with E-state index in [1.807, 2.05) is 6.26 Å². The predicted molar refractivity (Wildman–Crippen MR) is 77.8 cm³/mol. The third-order valence-corrected chi connectivity index (χ3v) is 4.97. The van der Waals surface area contributed by atoms with Gasteiger partial charge in [-0.05, 0) is 30.5 Å². The first-order valence-corrected chi connectivity index (χ1v) is 8.61. The van der Waals surface area contributed by atoms with Gasteiger partial charge in [-0.15, -0.1) is 0 Å². The van der Waals surface area contributed by atoms with Crippen molar-refractivity contribution in [2.75, 3.05) is 32.2 Å². The molecule has 0 fully saturated rings. The van der Waals surface area contributed by atoms with E-state index in [1.165, 1.54) is 35.6 Å². The van der Waals surface area contributed by atoms with E-state index in [1.54, 1.807) is 11.8 Å². The van der Waals surface area contributed by atoms with Crippen LogP contribution >= 0.6 is 11.8 Å². The lowest BCUT2D eigenvalue weighted by Crippen LogP contribution is -2.29. The van der Waals surface area contributed by atoms with Crippen LogP contribution in [0.15, 0.2) is 29.2 Å². The van der Waals surface area contributed by atoms with Crippen molar-refractivity contribution in [3.63, 3.8) is 0 Å². The fraction of sp³-hybridized carbons (Fsp3) is 0.417. The maximum Gasteiger partial charge on any atom is 0.341 e. The summed E-state index contributed by atoms with van der Waals surface area (Å²) in [5, 5.41) is 8.48. The highest BCUT2D eigenvalue weighted by Gasteiger charge is 2.20. The molecule has 0 aliphatic heterocycles. The molecule has 1 rings (SSSR count). The summed E-state index contributed by atoms with van der Waals surface area (Å²) in [5.41, 5.74) is 0. The molecule has 1 aromatic carbocycles. The molecule has 6 nitrogen and oxygen atoms in total. The molecular formula is C12H17NO5S2. The molecule has 0 heterocycles. The predicted octanol–water partition coefficient (Wildman–Crippen LogP) is 1.13. The molecular weight excluding hydrogens is 302 g/mol. The quantitative estimate of drug-likeness (QED) is 0.773. The van der Waals surface area contributed by atoms with Crippen LogP contribution in [0.4, 0.5) is 0 Å². The number of hydrogen-bond donors (Lipinski definition) is 1. The zero-order valence-electron chi connectivity index (χ0n) is 11.3. The minimum absolute atomic E-state index is 0.156. The van der Waals surface area contributed by atoms with E-state index < -0.39 is 22.6 Å². The molecule has 0 atom stereocenters. The smallest absolute Gasteiger partial charge is 0.341 e. The van der Waals surface area contributed by atoms with Crippen molar-refractivity contribution >= 4 is 27.8 Å². The Hall–Kier alpha value is -1.25. The summed E-state index contributed by atoms with van der Waals surface area (Å²) in [7, 11) is -1.98. The third kappa shape index (κ3) is 4.69. The van der Waals surface area contributed by atoms with E-state index in [9.17, 15) is 13.2 Å². The number of thioether (sulfide) groups is 1. The number of aliphatic carboxylic acids is 1. The van der Waals surface area contributed by atoms with E-state index in [0.717, 1.165) is 5.75 Å². The minimum atomic E-state index is -3.51. The number of rotatable bonds is 8. The van der Waals surface area contributed by atoms with Gasteiger partial charge in [0.05, 0.1) is 4.90 Å². The Morgan fingerprint density at radius 2 is 1.95 bits per heavy atom. The average molecular weight is 319 g/mol. The lowest BCUT2D eigenvalue weighted by atomic mass is 10.3. The molecule has 0 radical (unpaired) electrons. The number of nitrogens with zero attached hydrogens (tertiary/aromatic N) is 1. The molecule has 0 unspecified atom stereocenters. The molecule has 0 aliphatic rings. The van der Waals surface area contributed by atoms with E-state index in [2.05, 4.69) is 0 Å². The molecule has 0 amide bonds. The van der Waals surface area contributed by atoms with Gasteiger partial charge in [0.25, 0.3) is 0 Å². The van der Waals surface area contributed by atoms with Gasteiger partial charge in [0.15, 0.2) is 6.61 Å². The Bertz CT molecular complexity index is 541. The summed E-state index contributed by atoms with van der Waals surface area (Å²) in [6.45, 7) is -0.0273. The number of sulfonamides is 1. The Morgan fingerprint density at radius 3 is 2.45 bits per heavy atom. The monoisotopic (exact) mass is 319 g/mol. The number of hydrogen-bond acceptors (Lipinski definition) is 5. The highest BCUT2D eigenvalue weighted by Crippen LogP contribution is 2.19. The molecule has 0 aliphatic carbocycles. The Morgan fingerprint density at radius 1 is 1.35 bits per heavy atom. The zero-order valence-corrected chi connectivity index (χ0v) is 12.9. The van der Waals surface area contributed by atoms with Crippen LogP contribution in [0.25, 0.3) is 0 Å². The number of carboxylic acids is 1. The Kier molecular flexibility index (Phi) is 6.31. The van der Waals surface area contributed by atoms with E-state index >= 15 is 0 Å². The Labute approximate surface area is 122 Å². The van der Waals surface area contributed by atoms with E-state index in [-0.39, 0.29) is 4.90 Å². The van der Waals surface area contributed by atoms with Gasteiger partial charge in [0.2, 0.25) is 10.0 Å². The molecule has 20 heavy (non-hydrogen) atoms. The van der Waals surface area contributed by atoms with Crippen LogP contribution in [0, 0.1) is 0 Å². The number of ether oxygens (including phenoxy) is 1. The first kappa shape index (κ1) is 16.8. The van der Waals surface area contributed by atoms with E-state index in [0.29, 0.717) is 12.3 Å². The molecule has 8 heteroatoms. The van der Waals surface area contributed by atoms with E-state index in [4.69, 9.17) is 9.84 Å². The highest BCUT2D eigenvalue weighted by molar-refractivity contribution is 7.98. The molecule has 112 valence electrons. The Balaban J connectivity index is 2.78. The van der Waals surface area contributed by atoms with Crippen molar-refractivity contribution in [1.82, 2.24) is 4.31 Å². The van der Waals surface area contributed by atoms with Crippen molar-refractivity contribution in [1.29, 1.82) is 0 Å². The molecule has 0 bridgehead atoms. The maximum absolute atomic E-state index is 12.2. The SMILES string of the molecule is CSCCN(C)S(=O)(=O)c1ccc(OCC(=O)O)cc1. The number of carboxylic acid groups (broad SMARTS) is 1. The third-order valence-electron chi connectivity index (χ3n) is 2.50. The van der Waals surface area contributed by atoms with Gasteiger partial charge in [-0.25, -0.2) is 17.5 Å². The summed E-state index contributed by atoms with van der Waals surface area (Å²) >= 11 is 1.57. The van der Waals surface area contributed by atoms with Gasteiger partial charge in [0, 0.05) is 19.3 Å². The zero-order chi connectivity index (χ0) is 15.2. The van der Waals surface area contributed by atoms with Crippen molar-refractivity contribution in [2.24, 2.45) is 0 Å². The normalized spacial score (nSPS) is 11.6. The van der Waals surface area contributed by atoms with Crippen molar-refractivity contribution < 1.29 is 23.1 Å². The van der Waals surface area contributed by atoms with Crippen LogP contribution in [-0.2, 0) is 14.8 Å². The number of benzene rings is 1. The fourth-order valence-electron chi connectivity index (χ4n) is 1.37. The largest absolute Gasteiger partial charge is 0.482 e. The highest BCUT2D eigenvalue weighted by atomic mass is 32.2. The minimum Gasteiger partial charge on any atom is -0.482 e. The van der Waals surface area contributed by atoms with Gasteiger partial charge < -0.3 is 9.84 Å². The van der Waals surface area contributed by atoms with Crippen molar-refractivity contribution in [3.05, 3.63) is 24.3 Å². The molecule has 1 N–H and O–H groups in total. The maximum atomic E-state index is 12.2. The lowest BCUT2D eigenvalue weighted by molar-refractivity contribution is -0.139. The lowest BCUT2D eigenvalue weighted by Gasteiger charge is -2.16. The second-order valence-corrected chi connectivity index (χ2v) is 7.00. The van der Waals surface area contributed by atoms with Gasteiger partial charge >= 0.3 is 5.97 Å². The second kappa shape index (κ2) is 7.51. The van der Waals surface area contributed by atoms with Gasteiger partial charge in [-0.3, -0.25) is 0 Å². The topological polar surface area (TPSA) is 83.9 Å². The average Bonchev–Trinajstić information content (AvgIpc) is 2.42. The van der Waals surface area contributed by atoms with Crippen molar-refractivity contribution in [3.8, 4) is 5.75 Å². The van der Waals surface area contributed by atoms with Crippen LogP contribution in [-0.4, -0.2) is 56.0 Å². The molecule has 1 aromatic rings. The second-order valence-electron chi connectivity index (χ2n) is 3.97. The summed E-state index contributed by atoms with van der Waals surface area (Å²) in [4.78, 5) is 10.5. The van der Waals surface area contributed by atoms with Crippen LogP contribution in [0.3, 0.4) is 0 Å². The summed E-state index contributed by atoms with van der Waals surface area (Å²) in [6.07, 6.45) is 1.91. The van der Waals surface area contributed by atoms with Crippen molar-refractivity contribution in [2.45, 2.75) is 4.90 Å². The molecule has 0 spiro atoms. The van der Waals surface area contributed by atoms with Crippen LogP contribution in [0.1, 0.15) is 0 Å². The first-order valence-electron chi connectivity index (χ1n) is 5.78. The summed E-state index contributed by atoms with van der Waals surface area (Å²) in [6, 6.07) is 5.70. The van der Waals surface area contributed by atoms with Gasteiger partial charge in [-0.1, -0.05) is 0 Å². The van der Waals surface area contributed by atoms with Gasteiger partial charge in [-0.2, -0.15) is 11.8 Å². The summed E-state index contributed by atoms with van der Waals surface area (Å²) < 4.78 is 30.6. The van der Waals surface area contributed by atoms with Crippen LogP contribution in [0.2, 0.25) is 0 Å². The standard InChI is InChI=1S/C12H17NO5S2/c1-13(7-8-19-2)20(16,17)11-5-3-10(4-6-11)18-9-12(14)15/h3-6H,7-9H2,1-2H3,(H,14,15). The van der Waals surface area contributed by atoms with Crippen LogP contribution < -0.4 is 4.74 Å². The fourth-order valence-corrected chi connectivity index (χ4v) is 3.12. The number of carbonyl (C=O) groups is 1. The molecule has 0 saturated carbocycles. The molecule has 0 aromatic heterocycles. The van der Waals surface area contributed by atoms with Gasteiger partial charge in [0.1, 0.15) is 5.75 Å². The molecule has 0 saturated heterocycles. The summed E-state index contributed by atoms with van der Waals surface area (Å²) in [5.74, 6) is -0.0492.